The number of nitrogens with zero attached hydrogens (tertiary/aromatic N) is 1. The number of rotatable bonds is 7. The minimum absolute atomic E-state index is 0.0636. The highest BCUT2D eigenvalue weighted by Crippen LogP contribution is 2.49. The molecule has 1 saturated carbocycles. The van der Waals surface area contributed by atoms with E-state index in [0.717, 1.165) is 17.2 Å². The molecule has 1 heterocycles. The van der Waals surface area contributed by atoms with E-state index in [4.69, 9.17) is 9.47 Å². The number of carbonyl (C=O) groups excluding carboxylic acids is 1. The third kappa shape index (κ3) is 4.71. The molecule has 0 spiro atoms. The van der Waals surface area contributed by atoms with Gasteiger partial charge in [0.05, 0.1) is 23.6 Å². The molecule has 39 heavy (non-hydrogen) atoms. The maximum atomic E-state index is 15.7. The first kappa shape index (κ1) is 26.0. The van der Waals surface area contributed by atoms with E-state index in [0.29, 0.717) is 35.4 Å². The summed E-state index contributed by atoms with van der Waals surface area (Å²) in [4.78, 5) is 37.8. The molecule has 2 N–H and O–H groups in total. The SMILES string of the molecule is COc1ccc(-n2cc(C(=O)O)c(=O)c3cc(F)c(C4(NC(=O)OCc5ccccc5)CC4)c(C)c32)c(C)c1. The lowest BCUT2D eigenvalue weighted by atomic mass is 9.94. The van der Waals surface area contributed by atoms with Crippen LogP contribution in [0.4, 0.5) is 9.18 Å². The van der Waals surface area contributed by atoms with Crippen LogP contribution in [-0.4, -0.2) is 28.8 Å². The Bertz CT molecular complexity index is 1680. The quantitative estimate of drug-likeness (QED) is 0.333. The Morgan fingerprint density at radius 2 is 1.82 bits per heavy atom. The zero-order chi connectivity index (χ0) is 27.9. The zero-order valence-electron chi connectivity index (χ0n) is 21.7. The average Bonchev–Trinajstić information content (AvgIpc) is 3.68. The second-order valence-electron chi connectivity index (χ2n) is 9.72. The summed E-state index contributed by atoms with van der Waals surface area (Å²) in [7, 11) is 1.54. The molecule has 0 unspecified atom stereocenters. The molecule has 5 rings (SSSR count). The van der Waals surface area contributed by atoms with Gasteiger partial charge in [-0.15, -0.1) is 0 Å². The molecule has 0 aliphatic heterocycles. The van der Waals surface area contributed by atoms with Crippen LogP contribution in [-0.2, 0) is 16.9 Å². The third-order valence-corrected chi connectivity index (χ3v) is 7.16. The van der Waals surface area contributed by atoms with Crippen molar-refractivity contribution in [3.05, 3.63) is 105 Å². The first-order valence-electron chi connectivity index (χ1n) is 12.4. The number of halogens is 1. The van der Waals surface area contributed by atoms with Gasteiger partial charge in [0.2, 0.25) is 5.43 Å². The summed E-state index contributed by atoms with van der Waals surface area (Å²) in [5.41, 5.74) is 0.940. The number of nitrogens with one attached hydrogen (secondary N) is 1. The number of carboxylic acids is 1. The van der Waals surface area contributed by atoms with Crippen molar-refractivity contribution < 1.29 is 28.6 Å². The molecule has 9 heteroatoms. The van der Waals surface area contributed by atoms with E-state index in [1.165, 1.54) is 13.3 Å². The van der Waals surface area contributed by atoms with E-state index in [1.54, 1.807) is 29.7 Å². The lowest BCUT2D eigenvalue weighted by Crippen LogP contribution is -2.36. The molecule has 1 amide bonds. The molecule has 200 valence electrons. The Morgan fingerprint density at radius 3 is 2.44 bits per heavy atom. The number of aromatic nitrogens is 1. The second-order valence-corrected chi connectivity index (χ2v) is 9.72. The van der Waals surface area contributed by atoms with Gasteiger partial charge in [-0.05, 0) is 67.6 Å². The number of ether oxygens (including phenoxy) is 2. The fourth-order valence-electron chi connectivity index (χ4n) is 5.12. The summed E-state index contributed by atoms with van der Waals surface area (Å²) < 4.78 is 28.0. The Labute approximate surface area is 223 Å². The summed E-state index contributed by atoms with van der Waals surface area (Å²) in [6, 6.07) is 15.5. The second kappa shape index (κ2) is 9.90. The fourth-order valence-corrected chi connectivity index (χ4v) is 5.12. The van der Waals surface area contributed by atoms with E-state index >= 15 is 4.39 Å². The van der Waals surface area contributed by atoms with Gasteiger partial charge in [-0.25, -0.2) is 14.0 Å². The van der Waals surface area contributed by atoms with Gasteiger partial charge >= 0.3 is 12.1 Å². The number of hydrogen-bond donors (Lipinski definition) is 2. The number of methoxy groups -OCH3 is 1. The van der Waals surface area contributed by atoms with Crippen LogP contribution in [0.15, 0.2) is 65.6 Å². The van der Waals surface area contributed by atoms with Crippen LogP contribution in [0.25, 0.3) is 16.6 Å². The van der Waals surface area contributed by atoms with Crippen molar-refractivity contribution in [2.45, 2.75) is 38.8 Å². The number of carbonyl (C=O) groups is 2. The molecule has 0 bridgehead atoms. The van der Waals surface area contributed by atoms with E-state index in [2.05, 4.69) is 5.32 Å². The monoisotopic (exact) mass is 530 g/mol. The Kier molecular flexibility index (Phi) is 6.59. The lowest BCUT2D eigenvalue weighted by Gasteiger charge is -2.24. The van der Waals surface area contributed by atoms with Crippen molar-refractivity contribution in [2.24, 2.45) is 0 Å². The maximum Gasteiger partial charge on any atom is 0.408 e. The zero-order valence-corrected chi connectivity index (χ0v) is 21.7. The summed E-state index contributed by atoms with van der Waals surface area (Å²) in [6.07, 6.45) is 1.54. The number of fused-ring (bicyclic) bond motifs is 1. The maximum absolute atomic E-state index is 15.7. The topological polar surface area (TPSA) is 107 Å². The highest BCUT2D eigenvalue weighted by molar-refractivity contribution is 5.95. The van der Waals surface area contributed by atoms with Crippen molar-refractivity contribution in [3.8, 4) is 11.4 Å². The molecule has 3 aromatic carbocycles. The number of benzene rings is 3. The molecule has 1 aliphatic rings. The van der Waals surface area contributed by atoms with E-state index in [1.807, 2.05) is 37.3 Å². The van der Waals surface area contributed by atoms with Crippen LogP contribution < -0.4 is 15.5 Å². The van der Waals surface area contributed by atoms with Crippen molar-refractivity contribution in [1.82, 2.24) is 9.88 Å². The third-order valence-electron chi connectivity index (χ3n) is 7.16. The van der Waals surface area contributed by atoms with Crippen LogP contribution >= 0.6 is 0 Å². The van der Waals surface area contributed by atoms with Gasteiger partial charge < -0.3 is 24.5 Å². The molecule has 0 radical (unpaired) electrons. The molecule has 1 aromatic heterocycles. The number of amides is 1. The molecule has 0 saturated heterocycles. The van der Waals surface area contributed by atoms with Crippen LogP contribution in [0.2, 0.25) is 0 Å². The van der Waals surface area contributed by atoms with Crippen LogP contribution in [0.1, 0.15) is 45.5 Å². The Morgan fingerprint density at radius 1 is 1.10 bits per heavy atom. The molecular weight excluding hydrogens is 503 g/mol. The highest BCUT2D eigenvalue weighted by Gasteiger charge is 2.49. The number of aryl methyl sites for hydroxylation is 2. The molecule has 8 nitrogen and oxygen atoms in total. The summed E-state index contributed by atoms with van der Waals surface area (Å²) in [6.45, 7) is 3.57. The largest absolute Gasteiger partial charge is 0.497 e. The normalized spacial score (nSPS) is 13.6. The first-order chi connectivity index (χ1) is 18.6. The van der Waals surface area contributed by atoms with Crippen molar-refractivity contribution in [2.75, 3.05) is 7.11 Å². The number of pyridine rings is 1. The number of carboxylic acid groups (broad SMARTS) is 1. The van der Waals surface area contributed by atoms with Crippen LogP contribution in [0, 0.1) is 19.7 Å². The lowest BCUT2D eigenvalue weighted by molar-refractivity contribution is 0.0695. The standard InChI is InChI=1S/C30H27FN2O6/c1-17-13-20(38-3)9-10-24(17)33-15-22(28(35)36)27(34)21-14-23(31)25(18(2)26(21)33)30(11-12-30)32-29(37)39-16-19-7-5-4-6-8-19/h4-10,13-15H,11-12,16H2,1-3H3,(H,32,37)(H,35,36). The summed E-state index contributed by atoms with van der Waals surface area (Å²) in [5, 5.41) is 12.5. The molecular formula is C30H27FN2O6. The summed E-state index contributed by atoms with van der Waals surface area (Å²) in [5.74, 6) is -1.50. The number of hydrogen-bond acceptors (Lipinski definition) is 5. The van der Waals surface area contributed by atoms with E-state index in [9.17, 15) is 19.5 Å². The van der Waals surface area contributed by atoms with Crippen LogP contribution in [0.3, 0.4) is 0 Å². The predicted molar refractivity (Wildman–Crippen MR) is 143 cm³/mol. The molecule has 1 aliphatic carbocycles. The fraction of sp³-hybridized carbons (Fsp3) is 0.233. The molecule has 1 fully saturated rings. The number of alkyl carbamates (subject to hydrolysis) is 1. The van der Waals surface area contributed by atoms with E-state index in [-0.39, 0.29) is 17.6 Å². The Balaban J connectivity index is 1.63. The van der Waals surface area contributed by atoms with Gasteiger partial charge in [0.15, 0.2) is 0 Å². The molecule has 4 aromatic rings. The number of aromatic carboxylic acids is 1. The van der Waals surface area contributed by atoms with Gasteiger partial charge in [0.1, 0.15) is 23.7 Å². The van der Waals surface area contributed by atoms with Gasteiger partial charge in [0, 0.05) is 17.4 Å². The van der Waals surface area contributed by atoms with Crippen LogP contribution in [0.5, 0.6) is 5.75 Å². The minimum Gasteiger partial charge on any atom is -0.497 e. The van der Waals surface area contributed by atoms with Gasteiger partial charge in [-0.2, -0.15) is 0 Å². The summed E-state index contributed by atoms with van der Waals surface area (Å²) >= 11 is 0. The van der Waals surface area contributed by atoms with Gasteiger partial charge in [0.25, 0.3) is 0 Å². The van der Waals surface area contributed by atoms with Gasteiger partial charge in [-0.3, -0.25) is 4.79 Å². The highest BCUT2D eigenvalue weighted by atomic mass is 19.1. The smallest absolute Gasteiger partial charge is 0.408 e. The minimum atomic E-state index is -1.41. The van der Waals surface area contributed by atoms with Crippen molar-refractivity contribution in [1.29, 1.82) is 0 Å². The predicted octanol–water partition coefficient (Wildman–Crippen LogP) is 5.37. The van der Waals surface area contributed by atoms with Gasteiger partial charge in [-0.1, -0.05) is 30.3 Å². The van der Waals surface area contributed by atoms with E-state index < -0.39 is 34.4 Å². The average molecular weight is 531 g/mol. The van der Waals surface area contributed by atoms with Crippen molar-refractivity contribution in [3.63, 3.8) is 0 Å². The molecule has 0 atom stereocenters. The Hall–Kier alpha value is -4.66. The first-order valence-corrected chi connectivity index (χ1v) is 12.4. The van der Waals surface area contributed by atoms with Crippen molar-refractivity contribution >= 4 is 23.0 Å².